The number of anilines is 1. The average molecular weight is 242 g/mol. The molecule has 0 spiro atoms. The van der Waals surface area contributed by atoms with Crippen LogP contribution in [0.4, 0.5) is 5.69 Å². The fourth-order valence-electron chi connectivity index (χ4n) is 1.48. The maximum atomic E-state index is 4.21. The van der Waals surface area contributed by atoms with Gasteiger partial charge < -0.3 is 10.2 Å². The average Bonchev–Trinajstić information content (AvgIpc) is 2.20. The van der Waals surface area contributed by atoms with Gasteiger partial charge in [-0.2, -0.15) is 0 Å². The van der Waals surface area contributed by atoms with Crippen molar-refractivity contribution in [3.05, 3.63) is 22.9 Å². The van der Waals surface area contributed by atoms with Gasteiger partial charge in [0.2, 0.25) is 0 Å². The number of rotatable bonds is 1. The van der Waals surface area contributed by atoms with E-state index in [-0.39, 0.29) is 0 Å². The van der Waals surface area contributed by atoms with Crippen molar-refractivity contribution >= 4 is 21.6 Å². The molecule has 1 aliphatic heterocycles. The summed E-state index contributed by atoms with van der Waals surface area (Å²) in [7, 11) is 0. The Labute approximate surface area is 86.3 Å². The van der Waals surface area contributed by atoms with E-state index < -0.39 is 0 Å². The maximum absolute atomic E-state index is 4.21. The van der Waals surface area contributed by atoms with Crippen LogP contribution < -0.4 is 10.2 Å². The van der Waals surface area contributed by atoms with Gasteiger partial charge in [0, 0.05) is 26.2 Å². The van der Waals surface area contributed by atoms with E-state index in [2.05, 4.69) is 37.2 Å². The van der Waals surface area contributed by atoms with E-state index in [1.807, 2.05) is 12.3 Å². The number of pyridine rings is 1. The summed E-state index contributed by atoms with van der Waals surface area (Å²) < 4.78 is 0.895. The number of halogens is 1. The molecule has 0 aliphatic carbocycles. The third-order valence-corrected chi connectivity index (χ3v) is 2.66. The highest BCUT2D eigenvalue weighted by Gasteiger charge is 2.09. The van der Waals surface area contributed by atoms with Crippen LogP contribution >= 0.6 is 15.9 Å². The molecule has 1 aliphatic rings. The highest BCUT2D eigenvalue weighted by molar-refractivity contribution is 9.10. The predicted molar refractivity (Wildman–Crippen MR) is 57.0 cm³/mol. The van der Waals surface area contributed by atoms with E-state index in [1.165, 1.54) is 5.69 Å². The smallest absolute Gasteiger partial charge is 0.106 e. The van der Waals surface area contributed by atoms with Crippen molar-refractivity contribution in [1.29, 1.82) is 0 Å². The second-order valence-electron chi connectivity index (χ2n) is 3.08. The van der Waals surface area contributed by atoms with Crippen LogP contribution in [0.5, 0.6) is 0 Å². The summed E-state index contributed by atoms with van der Waals surface area (Å²) in [5.41, 5.74) is 1.21. The normalized spacial score (nSPS) is 17.5. The Bertz CT molecular complexity index is 267. The number of nitrogens with one attached hydrogen (secondary N) is 1. The third kappa shape index (κ3) is 2.19. The van der Waals surface area contributed by atoms with Crippen molar-refractivity contribution in [3.63, 3.8) is 0 Å². The quantitative estimate of drug-likeness (QED) is 0.751. The molecule has 2 rings (SSSR count). The first kappa shape index (κ1) is 8.97. The second-order valence-corrected chi connectivity index (χ2v) is 3.89. The Hall–Kier alpha value is -0.610. The molecule has 1 N–H and O–H groups in total. The van der Waals surface area contributed by atoms with Gasteiger partial charge in [-0.15, -0.1) is 0 Å². The molecule has 70 valence electrons. The Morgan fingerprint density at radius 2 is 2.08 bits per heavy atom. The molecule has 0 aromatic carbocycles. The van der Waals surface area contributed by atoms with E-state index in [1.54, 1.807) is 0 Å². The summed E-state index contributed by atoms with van der Waals surface area (Å²) in [5.74, 6) is 0. The zero-order valence-electron chi connectivity index (χ0n) is 7.33. The van der Waals surface area contributed by atoms with Crippen molar-refractivity contribution in [2.75, 3.05) is 31.1 Å². The van der Waals surface area contributed by atoms with Crippen molar-refractivity contribution in [3.8, 4) is 0 Å². The minimum atomic E-state index is 0.895. The molecule has 3 nitrogen and oxygen atoms in total. The van der Waals surface area contributed by atoms with Gasteiger partial charge in [-0.1, -0.05) is 0 Å². The number of aromatic nitrogens is 1. The van der Waals surface area contributed by atoms with Crippen LogP contribution in [0.2, 0.25) is 0 Å². The summed E-state index contributed by atoms with van der Waals surface area (Å²) >= 11 is 3.33. The summed E-state index contributed by atoms with van der Waals surface area (Å²) in [6.07, 6.45) is 1.91. The maximum Gasteiger partial charge on any atom is 0.106 e. The molecular weight excluding hydrogens is 230 g/mol. The molecule has 4 heteroatoms. The van der Waals surface area contributed by atoms with Gasteiger partial charge in [-0.25, -0.2) is 4.98 Å². The standard InChI is InChI=1S/C9H12BrN3/c10-9-2-1-8(7-12-9)13-5-3-11-4-6-13/h1-2,7,11H,3-6H2. The first-order valence-corrected chi connectivity index (χ1v) is 5.23. The summed E-state index contributed by atoms with van der Waals surface area (Å²) in [6.45, 7) is 4.28. The Morgan fingerprint density at radius 3 is 2.69 bits per heavy atom. The zero-order valence-corrected chi connectivity index (χ0v) is 8.92. The molecule has 1 fully saturated rings. The molecule has 0 unspecified atom stereocenters. The lowest BCUT2D eigenvalue weighted by Crippen LogP contribution is -2.43. The fraction of sp³-hybridized carbons (Fsp3) is 0.444. The van der Waals surface area contributed by atoms with Crippen LogP contribution in [0.25, 0.3) is 0 Å². The number of nitrogens with zero attached hydrogens (tertiary/aromatic N) is 2. The number of hydrogen-bond donors (Lipinski definition) is 1. The van der Waals surface area contributed by atoms with Crippen LogP contribution in [0, 0.1) is 0 Å². The molecule has 1 aromatic rings. The number of piperazine rings is 1. The molecule has 0 atom stereocenters. The van der Waals surface area contributed by atoms with E-state index >= 15 is 0 Å². The van der Waals surface area contributed by atoms with Crippen LogP contribution in [-0.2, 0) is 0 Å². The van der Waals surface area contributed by atoms with Crippen molar-refractivity contribution in [2.45, 2.75) is 0 Å². The topological polar surface area (TPSA) is 28.2 Å². The molecule has 0 bridgehead atoms. The molecule has 13 heavy (non-hydrogen) atoms. The molecule has 1 saturated heterocycles. The lowest BCUT2D eigenvalue weighted by Gasteiger charge is -2.29. The molecule has 1 aromatic heterocycles. The fourth-order valence-corrected chi connectivity index (χ4v) is 1.71. The largest absolute Gasteiger partial charge is 0.368 e. The van der Waals surface area contributed by atoms with Crippen molar-refractivity contribution < 1.29 is 0 Å². The predicted octanol–water partition coefficient (Wildman–Crippen LogP) is 1.25. The lowest BCUT2D eigenvalue weighted by molar-refractivity contribution is 0.588. The molecule has 0 amide bonds. The van der Waals surface area contributed by atoms with E-state index in [4.69, 9.17) is 0 Å². The van der Waals surface area contributed by atoms with Gasteiger partial charge in [-0.3, -0.25) is 0 Å². The van der Waals surface area contributed by atoms with Gasteiger partial charge in [0.15, 0.2) is 0 Å². The first-order valence-electron chi connectivity index (χ1n) is 4.43. The summed E-state index contributed by atoms with van der Waals surface area (Å²) in [6, 6.07) is 4.08. The zero-order chi connectivity index (χ0) is 9.10. The molecular formula is C9H12BrN3. The van der Waals surface area contributed by atoms with Gasteiger partial charge >= 0.3 is 0 Å². The minimum absolute atomic E-state index is 0.895. The Morgan fingerprint density at radius 1 is 1.31 bits per heavy atom. The first-order chi connectivity index (χ1) is 6.36. The lowest BCUT2D eigenvalue weighted by atomic mass is 10.3. The monoisotopic (exact) mass is 241 g/mol. The molecule has 0 radical (unpaired) electrons. The highest BCUT2D eigenvalue weighted by Crippen LogP contribution is 2.15. The highest BCUT2D eigenvalue weighted by atomic mass is 79.9. The van der Waals surface area contributed by atoms with Gasteiger partial charge in [0.05, 0.1) is 11.9 Å². The van der Waals surface area contributed by atoms with Gasteiger partial charge in [0.25, 0.3) is 0 Å². The number of hydrogen-bond acceptors (Lipinski definition) is 3. The SMILES string of the molecule is Brc1ccc(N2CCNCC2)cn1. The van der Waals surface area contributed by atoms with Crippen molar-refractivity contribution in [2.24, 2.45) is 0 Å². The van der Waals surface area contributed by atoms with Crippen molar-refractivity contribution in [1.82, 2.24) is 10.3 Å². The Balaban J connectivity index is 2.10. The molecule has 2 heterocycles. The molecule has 0 saturated carbocycles. The third-order valence-electron chi connectivity index (χ3n) is 2.19. The Kier molecular flexibility index (Phi) is 2.80. The van der Waals surface area contributed by atoms with E-state index in [9.17, 15) is 0 Å². The summed E-state index contributed by atoms with van der Waals surface area (Å²) in [4.78, 5) is 6.55. The van der Waals surface area contributed by atoms with Crippen LogP contribution in [0.15, 0.2) is 22.9 Å². The van der Waals surface area contributed by atoms with Crippen LogP contribution in [0.3, 0.4) is 0 Å². The van der Waals surface area contributed by atoms with Gasteiger partial charge in [0.1, 0.15) is 4.60 Å². The van der Waals surface area contributed by atoms with E-state index in [0.717, 1.165) is 30.8 Å². The van der Waals surface area contributed by atoms with Crippen LogP contribution in [-0.4, -0.2) is 31.2 Å². The summed E-state index contributed by atoms with van der Waals surface area (Å²) in [5, 5.41) is 3.32. The van der Waals surface area contributed by atoms with E-state index in [0.29, 0.717) is 0 Å². The van der Waals surface area contributed by atoms with Crippen LogP contribution in [0.1, 0.15) is 0 Å². The second kappa shape index (κ2) is 4.07. The van der Waals surface area contributed by atoms with Gasteiger partial charge in [-0.05, 0) is 28.1 Å². The minimum Gasteiger partial charge on any atom is -0.368 e.